The Hall–Kier alpha value is -3.13. The van der Waals surface area contributed by atoms with Gasteiger partial charge in [-0.25, -0.2) is 4.79 Å². The van der Waals surface area contributed by atoms with Crippen molar-refractivity contribution in [2.75, 3.05) is 53.6 Å². The highest BCUT2D eigenvalue weighted by atomic mass is 16.5. The number of likely N-dealkylation sites (N-methyl/N-ethyl adjacent to an activating group) is 1. The van der Waals surface area contributed by atoms with Crippen LogP contribution < -0.4 is 4.74 Å². The summed E-state index contributed by atoms with van der Waals surface area (Å²) in [4.78, 5) is 39.9. The van der Waals surface area contributed by atoms with Crippen LogP contribution >= 0.6 is 0 Å². The molecule has 0 spiro atoms. The van der Waals surface area contributed by atoms with E-state index in [1.807, 2.05) is 24.3 Å². The molecule has 1 aliphatic heterocycles. The predicted molar refractivity (Wildman–Crippen MR) is 106 cm³/mol. The van der Waals surface area contributed by atoms with Gasteiger partial charge >= 0.3 is 5.97 Å². The van der Waals surface area contributed by atoms with Crippen LogP contribution in [0.1, 0.15) is 10.4 Å². The maximum absolute atomic E-state index is 12.5. The Morgan fingerprint density at radius 2 is 1.76 bits per heavy atom. The van der Waals surface area contributed by atoms with Crippen LogP contribution in [0.2, 0.25) is 0 Å². The first-order valence-electron chi connectivity index (χ1n) is 9.33. The van der Waals surface area contributed by atoms with E-state index in [1.54, 1.807) is 17.0 Å². The van der Waals surface area contributed by atoms with Gasteiger partial charge in [-0.1, -0.05) is 24.3 Å². The normalized spacial score (nSPS) is 13.8. The summed E-state index contributed by atoms with van der Waals surface area (Å²) in [5.74, 6) is -0.905. The molecule has 1 aliphatic rings. The molecule has 0 aromatic heterocycles. The van der Waals surface area contributed by atoms with E-state index in [9.17, 15) is 14.4 Å². The molecule has 154 valence electrons. The SMILES string of the molecule is COc1cc2ccccc2cc1C(=O)OCC(=O)N(C)CC(=O)N1CCOCC1. The van der Waals surface area contributed by atoms with Crippen molar-refractivity contribution >= 4 is 28.6 Å². The van der Waals surface area contributed by atoms with Crippen molar-refractivity contribution in [3.8, 4) is 5.75 Å². The lowest BCUT2D eigenvalue weighted by Crippen LogP contribution is -2.46. The molecule has 0 unspecified atom stereocenters. The van der Waals surface area contributed by atoms with Crippen LogP contribution in [0.5, 0.6) is 5.75 Å². The lowest BCUT2D eigenvalue weighted by Gasteiger charge is -2.28. The monoisotopic (exact) mass is 400 g/mol. The van der Waals surface area contributed by atoms with Crippen molar-refractivity contribution in [3.05, 3.63) is 42.0 Å². The molecule has 0 atom stereocenters. The molecule has 0 aliphatic carbocycles. The number of rotatable bonds is 6. The van der Waals surface area contributed by atoms with Gasteiger partial charge in [-0.15, -0.1) is 0 Å². The minimum absolute atomic E-state index is 0.0737. The Morgan fingerprint density at radius 1 is 1.10 bits per heavy atom. The van der Waals surface area contributed by atoms with E-state index < -0.39 is 18.5 Å². The number of morpholine rings is 1. The van der Waals surface area contributed by atoms with Crippen molar-refractivity contribution < 1.29 is 28.6 Å². The summed E-state index contributed by atoms with van der Waals surface area (Å²) in [5.41, 5.74) is 0.242. The topological polar surface area (TPSA) is 85.4 Å². The number of hydrogen-bond acceptors (Lipinski definition) is 6. The van der Waals surface area contributed by atoms with E-state index in [-0.39, 0.29) is 18.0 Å². The van der Waals surface area contributed by atoms with Crippen LogP contribution in [-0.4, -0.2) is 81.2 Å². The first-order valence-corrected chi connectivity index (χ1v) is 9.33. The van der Waals surface area contributed by atoms with Crippen LogP contribution in [0, 0.1) is 0 Å². The van der Waals surface area contributed by atoms with Gasteiger partial charge in [0.1, 0.15) is 11.3 Å². The zero-order valence-corrected chi connectivity index (χ0v) is 16.6. The number of amides is 2. The number of carbonyl (C=O) groups is 3. The van der Waals surface area contributed by atoms with E-state index in [2.05, 4.69) is 0 Å². The summed E-state index contributed by atoms with van der Waals surface area (Å²) in [7, 11) is 2.97. The molecular weight excluding hydrogens is 376 g/mol. The lowest BCUT2D eigenvalue weighted by molar-refractivity contribution is -0.143. The standard InChI is InChI=1S/C21H24N2O6/c1-22(13-19(24)23-7-9-28-10-8-23)20(25)14-29-21(26)17-11-15-5-3-4-6-16(15)12-18(17)27-2/h3-6,11-12H,7-10,13-14H2,1-2H3. The number of esters is 1. The van der Waals surface area contributed by atoms with Crippen LogP contribution in [0.25, 0.3) is 10.8 Å². The number of methoxy groups -OCH3 is 1. The minimum atomic E-state index is -0.658. The maximum Gasteiger partial charge on any atom is 0.342 e. The van der Waals surface area contributed by atoms with Crippen molar-refractivity contribution in [3.63, 3.8) is 0 Å². The summed E-state index contributed by atoms with van der Waals surface area (Å²) < 4.78 is 15.7. The summed E-state index contributed by atoms with van der Waals surface area (Å²) in [6.45, 7) is 1.48. The highest BCUT2D eigenvalue weighted by Gasteiger charge is 2.22. The largest absolute Gasteiger partial charge is 0.496 e. The molecule has 2 aromatic carbocycles. The van der Waals surface area contributed by atoms with Crippen LogP contribution in [0.15, 0.2) is 36.4 Å². The van der Waals surface area contributed by atoms with Crippen LogP contribution in [0.3, 0.4) is 0 Å². The Morgan fingerprint density at radius 3 is 2.41 bits per heavy atom. The average Bonchev–Trinajstić information content (AvgIpc) is 2.76. The third-order valence-electron chi connectivity index (χ3n) is 4.78. The molecule has 2 aromatic rings. The molecule has 0 saturated carbocycles. The number of nitrogens with zero attached hydrogens (tertiary/aromatic N) is 2. The van der Waals surface area contributed by atoms with Crippen molar-refractivity contribution in [1.82, 2.24) is 9.80 Å². The summed E-state index contributed by atoms with van der Waals surface area (Å²) >= 11 is 0. The number of fused-ring (bicyclic) bond motifs is 1. The second-order valence-electron chi connectivity index (χ2n) is 6.72. The van der Waals surface area contributed by atoms with Gasteiger partial charge in [0.2, 0.25) is 5.91 Å². The molecule has 1 fully saturated rings. The highest BCUT2D eigenvalue weighted by Crippen LogP contribution is 2.26. The first kappa shape index (κ1) is 20.6. The van der Waals surface area contributed by atoms with Crippen molar-refractivity contribution in [1.29, 1.82) is 0 Å². The fourth-order valence-electron chi connectivity index (χ4n) is 3.07. The third kappa shape index (κ3) is 5.03. The Kier molecular flexibility index (Phi) is 6.66. The van der Waals surface area contributed by atoms with Gasteiger partial charge in [0.25, 0.3) is 5.91 Å². The van der Waals surface area contributed by atoms with Gasteiger partial charge in [0.15, 0.2) is 6.61 Å². The number of carbonyl (C=O) groups excluding carboxylic acids is 3. The molecule has 3 rings (SSSR count). The molecule has 0 N–H and O–H groups in total. The highest BCUT2D eigenvalue weighted by molar-refractivity contribution is 5.99. The smallest absolute Gasteiger partial charge is 0.342 e. The number of ether oxygens (including phenoxy) is 3. The van der Waals surface area contributed by atoms with Gasteiger partial charge in [0, 0.05) is 20.1 Å². The molecule has 8 nitrogen and oxygen atoms in total. The van der Waals surface area contributed by atoms with Gasteiger partial charge < -0.3 is 24.0 Å². The van der Waals surface area contributed by atoms with Crippen LogP contribution in [0.4, 0.5) is 0 Å². The Labute approximate surface area is 168 Å². The van der Waals surface area contributed by atoms with Crippen molar-refractivity contribution in [2.45, 2.75) is 0 Å². The quantitative estimate of drug-likeness (QED) is 0.680. The molecule has 2 amide bonds. The Bertz CT molecular complexity index is 907. The molecular formula is C21H24N2O6. The fourth-order valence-corrected chi connectivity index (χ4v) is 3.07. The minimum Gasteiger partial charge on any atom is -0.496 e. The van der Waals surface area contributed by atoms with Crippen molar-refractivity contribution in [2.24, 2.45) is 0 Å². The van der Waals surface area contributed by atoms with E-state index in [4.69, 9.17) is 14.2 Å². The molecule has 0 radical (unpaired) electrons. The second kappa shape index (κ2) is 9.38. The summed E-state index contributed by atoms with van der Waals surface area (Å²) in [6.07, 6.45) is 0. The van der Waals surface area contributed by atoms with Gasteiger partial charge in [0.05, 0.1) is 26.9 Å². The van der Waals surface area contributed by atoms with E-state index in [0.29, 0.717) is 32.1 Å². The molecule has 8 heteroatoms. The zero-order chi connectivity index (χ0) is 20.8. The molecule has 29 heavy (non-hydrogen) atoms. The first-order chi connectivity index (χ1) is 14.0. The lowest BCUT2D eigenvalue weighted by atomic mass is 10.1. The molecule has 0 bridgehead atoms. The second-order valence-corrected chi connectivity index (χ2v) is 6.72. The van der Waals surface area contributed by atoms with E-state index >= 15 is 0 Å². The fraction of sp³-hybridized carbons (Fsp3) is 0.381. The number of hydrogen-bond donors (Lipinski definition) is 0. The van der Waals surface area contributed by atoms with Gasteiger partial charge in [-0.05, 0) is 22.9 Å². The van der Waals surface area contributed by atoms with E-state index in [0.717, 1.165) is 10.8 Å². The van der Waals surface area contributed by atoms with E-state index in [1.165, 1.54) is 19.1 Å². The molecule has 1 heterocycles. The third-order valence-corrected chi connectivity index (χ3v) is 4.78. The van der Waals surface area contributed by atoms with Gasteiger partial charge in [-0.3, -0.25) is 9.59 Å². The van der Waals surface area contributed by atoms with Gasteiger partial charge in [-0.2, -0.15) is 0 Å². The number of benzene rings is 2. The average molecular weight is 400 g/mol. The van der Waals surface area contributed by atoms with Crippen LogP contribution in [-0.2, 0) is 19.1 Å². The summed E-state index contributed by atoms with van der Waals surface area (Å²) in [5, 5.41) is 1.79. The molecule has 1 saturated heterocycles. The predicted octanol–water partition coefficient (Wildman–Crippen LogP) is 1.32. The maximum atomic E-state index is 12.5. The zero-order valence-electron chi connectivity index (χ0n) is 16.6. The summed E-state index contributed by atoms with van der Waals surface area (Å²) in [6, 6.07) is 11.0. The Balaban J connectivity index is 1.58.